The first-order chi connectivity index (χ1) is 11.7. The van der Waals surface area contributed by atoms with Crippen LogP contribution in [0.5, 0.6) is 0 Å². The largest absolute Gasteiger partial charge is 0.368 e. The summed E-state index contributed by atoms with van der Waals surface area (Å²) in [6.07, 6.45) is 3.52. The fourth-order valence-electron chi connectivity index (χ4n) is 2.45. The van der Waals surface area contributed by atoms with Gasteiger partial charge in [0.25, 0.3) is 0 Å². The van der Waals surface area contributed by atoms with Crippen LogP contribution in [0.15, 0.2) is 36.7 Å². The van der Waals surface area contributed by atoms with Crippen LogP contribution in [0.25, 0.3) is 21.9 Å². The molecule has 1 aromatic carbocycles. The fraction of sp³-hybridized carbons (Fsp3) is 0.0667. The average Bonchev–Trinajstić information content (AvgIpc) is 3.20. The molecule has 0 atom stereocenters. The van der Waals surface area contributed by atoms with Crippen LogP contribution in [-0.2, 0) is 4.79 Å². The van der Waals surface area contributed by atoms with Crippen molar-refractivity contribution in [1.82, 2.24) is 25.1 Å². The molecule has 9 nitrogen and oxygen atoms in total. The molecule has 0 fully saturated rings. The molecule has 4 rings (SSSR count). The third kappa shape index (κ3) is 2.58. The second-order valence-electron chi connectivity index (χ2n) is 5.25. The number of amides is 1. The van der Waals surface area contributed by atoms with Crippen LogP contribution in [0, 0.1) is 0 Å². The van der Waals surface area contributed by atoms with Crippen LogP contribution < -0.4 is 16.4 Å². The summed E-state index contributed by atoms with van der Waals surface area (Å²) < 4.78 is 0. The Morgan fingerprint density at radius 1 is 1.25 bits per heavy atom. The highest BCUT2D eigenvalue weighted by Crippen LogP contribution is 2.24. The van der Waals surface area contributed by atoms with E-state index < -0.39 is 5.91 Å². The molecule has 0 saturated carbocycles. The van der Waals surface area contributed by atoms with Crippen molar-refractivity contribution in [2.75, 3.05) is 17.2 Å². The highest BCUT2D eigenvalue weighted by molar-refractivity contribution is 5.90. The van der Waals surface area contributed by atoms with Crippen molar-refractivity contribution in [3.63, 3.8) is 0 Å². The predicted molar refractivity (Wildman–Crippen MR) is 90.9 cm³/mol. The van der Waals surface area contributed by atoms with Gasteiger partial charge in [0.1, 0.15) is 11.5 Å². The van der Waals surface area contributed by atoms with E-state index in [4.69, 9.17) is 5.73 Å². The van der Waals surface area contributed by atoms with E-state index in [1.54, 1.807) is 12.4 Å². The van der Waals surface area contributed by atoms with Gasteiger partial charge in [0.15, 0.2) is 0 Å². The van der Waals surface area contributed by atoms with Gasteiger partial charge in [-0.05, 0) is 24.3 Å². The number of H-pyrrole nitrogens is 2. The van der Waals surface area contributed by atoms with Gasteiger partial charge in [-0.1, -0.05) is 0 Å². The minimum absolute atomic E-state index is 0.00314. The molecule has 9 heteroatoms. The molecule has 120 valence electrons. The molecular formula is C15H14N8O. The van der Waals surface area contributed by atoms with E-state index in [9.17, 15) is 4.79 Å². The standard InChI is InChI=1S/C15H14N8O/c16-12(24)7-18-14-10-3-4-17-13(10)21-15(22-14)20-9-2-1-8-6-19-23-11(8)5-9/h1-6H,7H2,(H2,16,24)(H,19,23)(H3,17,18,20,21,22). The van der Waals surface area contributed by atoms with Gasteiger partial charge in [-0.15, -0.1) is 0 Å². The van der Waals surface area contributed by atoms with E-state index in [1.165, 1.54) is 0 Å². The topological polar surface area (TPSA) is 137 Å². The fourth-order valence-corrected chi connectivity index (χ4v) is 2.45. The SMILES string of the molecule is NC(=O)CNc1nc(Nc2ccc3cn[nH]c3c2)nc2[nH]ccc12. The number of fused-ring (bicyclic) bond motifs is 2. The molecule has 0 spiro atoms. The lowest BCUT2D eigenvalue weighted by Crippen LogP contribution is -2.22. The van der Waals surface area contributed by atoms with Gasteiger partial charge in [-0.25, -0.2) is 0 Å². The molecule has 0 aliphatic heterocycles. The van der Waals surface area contributed by atoms with Crippen LogP contribution in [-0.4, -0.2) is 37.6 Å². The number of aromatic amines is 2. The summed E-state index contributed by atoms with van der Waals surface area (Å²) in [6.45, 7) is -0.00314. The molecule has 0 radical (unpaired) electrons. The molecule has 0 aliphatic rings. The quantitative estimate of drug-likeness (QED) is 0.377. The first kappa shape index (κ1) is 14.0. The van der Waals surface area contributed by atoms with E-state index in [0.717, 1.165) is 22.0 Å². The summed E-state index contributed by atoms with van der Waals surface area (Å²) in [6, 6.07) is 7.61. The molecule has 0 aliphatic carbocycles. The van der Waals surface area contributed by atoms with E-state index >= 15 is 0 Å². The summed E-state index contributed by atoms with van der Waals surface area (Å²) in [5, 5.41) is 14.8. The van der Waals surface area contributed by atoms with Gasteiger partial charge in [0, 0.05) is 17.3 Å². The minimum Gasteiger partial charge on any atom is -0.368 e. The number of anilines is 3. The molecular weight excluding hydrogens is 308 g/mol. The van der Waals surface area contributed by atoms with Crippen LogP contribution in [0.2, 0.25) is 0 Å². The molecule has 0 saturated heterocycles. The number of aromatic nitrogens is 5. The Kier molecular flexibility index (Phi) is 3.23. The maximum atomic E-state index is 11.0. The van der Waals surface area contributed by atoms with Crippen LogP contribution in [0.3, 0.4) is 0 Å². The number of nitrogens with one attached hydrogen (secondary N) is 4. The van der Waals surface area contributed by atoms with E-state index in [1.807, 2.05) is 24.3 Å². The highest BCUT2D eigenvalue weighted by atomic mass is 16.1. The zero-order valence-electron chi connectivity index (χ0n) is 12.5. The smallest absolute Gasteiger partial charge is 0.236 e. The number of primary amides is 1. The Morgan fingerprint density at radius 3 is 3.04 bits per heavy atom. The van der Waals surface area contributed by atoms with Crippen molar-refractivity contribution < 1.29 is 4.79 Å². The van der Waals surface area contributed by atoms with Crippen LogP contribution >= 0.6 is 0 Å². The summed E-state index contributed by atoms with van der Waals surface area (Å²) in [4.78, 5) is 22.9. The Hall–Kier alpha value is -3.62. The van der Waals surface area contributed by atoms with E-state index in [-0.39, 0.29) is 6.54 Å². The normalized spacial score (nSPS) is 11.0. The lowest BCUT2D eigenvalue weighted by molar-refractivity contribution is -0.116. The second kappa shape index (κ2) is 5.54. The molecule has 6 N–H and O–H groups in total. The molecule has 24 heavy (non-hydrogen) atoms. The molecule has 3 aromatic heterocycles. The minimum atomic E-state index is -0.462. The molecule has 1 amide bonds. The van der Waals surface area contributed by atoms with Gasteiger partial charge >= 0.3 is 0 Å². The number of rotatable bonds is 5. The zero-order valence-corrected chi connectivity index (χ0v) is 12.5. The molecule has 4 aromatic rings. The van der Waals surface area contributed by atoms with Gasteiger partial charge in [-0.3, -0.25) is 9.89 Å². The maximum absolute atomic E-state index is 11.0. The van der Waals surface area contributed by atoms with Crippen molar-refractivity contribution in [2.45, 2.75) is 0 Å². The van der Waals surface area contributed by atoms with E-state index in [0.29, 0.717) is 17.4 Å². The van der Waals surface area contributed by atoms with Gasteiger partial charge in [0.2, 0.25) is 11.9 Å². The lowest BCUT2D eigenvalue weighted by atomic mass is 10.2. The Balaban J connectivity index is 1.68. The molecule has 0 bridgehead atoms. The molecule has 0 unspecified atom stereocenters. The number of hydrogen-bond acceptors (Lipinski definition) is 6. The van der Waals surface area contributed by atoms with Crippen LogP contribution in [0.1, 0.15) is 0 Å². The lowest BCUT2D eigenvalue weighted by Gasteiger charge is -2.09. The number of nitrogens with zero attached hydrogens (tertiary/aromatic N) is 3. The summed E-state index contributed by atoms with van der Waals surface area (Å²) in [5.41, 5.74) is 7.57. The van der Waals surface area contributed by atoms with Crippen molar-refractivity contribution in [3.8, 4) is 0 Å². The van der Waals surface area contributed by atoms with Crippen molar-refractivity contribution in [1.29, 1.82) is 0 Å². The summed E-state index contributed by atoms with van der Waals surface area (Å²) >= 11 is 0. The van der Waals surface area contributed by atoms with Crippen LogP contribution in [0.4, 0.5) is 17.5 Å². The monoisotopic (exact) mass is 322 g/mol. The third-order valence-corrected chi connectivity index (χ3v) is 3.54. The third-order valence-electron chi connectivity index (χ3n) is 3.54. The van der Waals surface area contributed by atoms with Crippen molar-refractivity contribution >= 4 is 45.3 Å². The Morgan fingerprint density at radius 2 is 2.17 bits per heavy atom. The maximum Gasteiger partial charge on any atom is 0.236 e. The number of hydrogen-bond donors (Lipinski definition) is 5. The zero-order chi connectivity index (χ0) is 16.5. The van der Waals surface area contributed by atoms with E-state index in [2.05, 4.69) is 35.8 Å². The highest BCUT2D eigenvalue weighted by Gasteiger charge is 2.10. The summed E-state index contributed by atoms with van der Waals surface area (Å²) in [7, 11) is 0. The van der Waals surface area contributed by atoms with Gasteiger partial charge < -0.3 is 21.4 Å². The second-order valence-corrected chi connectivity index (χ2v) is 5.25. The Labute approximate surface area is 135 Å². The number of carbonyl (C=O) groups excluding carboxylic acids is 1. The van der Waals surface area contributed by atoms with Crippen molar-refractivity contribution in [3.05, 3.63) is 36.7 Å². The average molecular weight is 322 g/mol. The van der Waals surface area contributed by atoms with Gasteiger partial charge in [-0.2, -0.15) is 15.1 Å². The van der Waals surface area contributed by atoms with Crippen molar-refractivity contribution in [2.24, 2.45) is 5.73 Å². The first-order valence-corrected chi connectivity index (χ1v) is 7.26. The number of nitrogens with two attached hydrogens (primary N) is 1. The first-order valence-electron chi connectivity index (χ1n) is 7.26. The predicted octanol–water partition coefficient (Wildman–Crippen LogP) is 1.47. The number of benzene rings is 1. The molecule has 3 heterocycles. The van der Waals surface area contributed by atoms with Gasteiger partial charge in [0.05, 0.1) is 23.6 Å². The Bertz CT molecular complexity index is 1030. The summed E-state index contributed by atoms with van der Waals surface area (Å²) in [5.74, 6) is 0.470. The number of carbonyl (C=O) groups is 1.